The smallest absolute Gasteiger partial charge is 0.298 e. The summed E-state index contributed by atoms with van der Waals surface area (Å²) in [5.41, 5.74) is 3.44. The number of aryl methyl sites for hydroxylation is 1. The van der Waals surface area contributed by atoms with Crippen LogP contribution in [0.15, 0.2) is 64.1 Å². The Hall–Kier alpha value is -2.46. The van der Waals surface area contributed by atoms with E-state index in [-0.39, 0.29) is 22.2 Å². The quantitative estimate of drug-likeness (QED) is 0.396. The third kappa shape index (κ3) is 5.29. The second-order valence-corrected chi connectivity index (χ2v) is 7.72. The van der Waals surface area contributed by atoms with Crippen molar-refractivity contribution >= 4 is 39.3 Å². The van der Waals surface area contributed by atoms with Crippen molar-refractivity contribution in [3.05, 3.63) is 64.8 Å². The topological polar surface area (TPSA) is 59.0 Å². The summed E-state index contributed by atoms with van der Waals surface area (Å²) in [6.07, 6.45) is 1.83. The van der Waals surface area contributed by atoms with E-state index in [2.05, 4.69) is 31.9 Å². The van der Waals surface area contributed by atoms with Crippen molar-refractivity contribution in [2.75, 3.05) is 5.43 Å². The number of hydrazine groups is 1. The van der Waals surface area contributed by atoms with E-state index in [1.54, 1.807) is 10.7 Å². The molecule has 0 aliphatic carbocycles. The number of benzene rings is 2. The van der Waals surface area contributed by atoms with Gasteiger partial charge in [0.1, 0.15) is 5.69 Å². The lowest BCUT2D eigenvalue weighted by Crippen LogP contribution is -2.29. The van der Waals surface area contributed by atoms with E-state index in [9.17, 15) is 18.0 Å². The van der Waals surface area contributed by atoms with Crippen LogP contribution >= 0.6 is 27.7 Å². The molecular weight excluding hydrogens is 457 g/mol. The van der Waals surface area contributed by atoms with Crippen LogP contribution in [0.3, 0.4) is 0 Å². The molecule has 0 radical (unpaired) electrons. The number of alkyl halides is 3. The van der Waals surface area contributed by atoms with Crippen molar-refractivity contribution < 1.29 is 18.0 Å². The predicted octanol–water partition coefficient (Wildman–Crippen LogP) is 5.22. The third-order valence-electron chi connectivity index (χ3n) is 3.59. The first kappa shape index (κ1) is 20.3. The molecule has 3 aromatic rings. The predicted molar refractivity (Wildman–Crippen MR) is 106 cm³/mol. The first-order chi connectivity index (χ1) is 13.2. The summed E-state index contributed by atoms with van der Waals surface area (Å²) in [6, 6.07) is 12.5. The number of carbonyl (C=O) groups is 1. The largest absolute Gasteiger partial charge is 0.446 e. The molecule has 1 aromatic heterocycles. The lowest BCUT2D eigenvalue weighted by atomic mass is 10.1. The number of hydrogen-bond donors (Lipinski definition) is 2. The Morgan fingerprint density at radius 1 is 1.18 bits per heavy atom. The summed E-state index contributed by atoms with van der Waals surface area (Å²) in [6.45, 7) is 0. The maximum absolute atomic E-state index is 12.4. The van der Waals surface area contributed by atoms with Crippen molar-refractivity contribution in [3.8, 4) is 11.3 Å². The maximum atomic E-state index is 12.4. The molecule has 0 atom stereocenters. The number of carbonyl (C=O) groups excluding carboxylic acids is 1. The van der Waals surface area contributed by atoms with Crippen molar-refractivity contribution in [2.45, 2.75) is 10.4 Å². The number of rotatable bonds is 5. The number of thioether (sulfide) groups is 1. The molecule has 1 heterocycles. The van der Waals surface area contributed by atoms with E-state index < -0.39 is 11.4 Å². The Morgan fingerprint density at radius 2 is 1.89 bits per heavy atom. The fraction of sp³-hybridized carbons (Fsp3) is 0.111. The van der Waals surface area contributed by atoms with Gasteiger partial charge in [-0.25, -0.2) is 0 Å². The van der Waals surface area contributed by atoms with Gasteiger partial charge in [-0.05, 0) is 64.1 Å². The monoisotopic (exact) mass is 470 g/mol. The van der Waals surface area contributed by atoms with Gasteiger partial charge in [0.25, 0.3) is 5.91 Å². The van der Waals surface area contributed by atoms with Crippen molar-refractivity contribution in [1.82, 2.24) is 15.2 Å². The van der Waals surface area contributed by atoms with Gasteiger partial charge in [0.15, 0.2) is 0 Å². The summed E-state index contributed by atoms with van der Waals surface area (Å²) >= 11 is 3.22. The van der Waals surface area contributed by atoms with Crippen LogP contribution in [0.25, 0.3) is 11.3 Å². The van der Waals surface area contributed by atoms with Gasteiger partial charge in [0.2, 0.25) is 0 Å². The number of aromatic nitrogens is 2. The van der Waals surface area contributed by atoms with E-state index in [0.29, 0.717) is 5.69 Å². The van der Waals surface area contributed by atoms with E-state index in [4.69, 9.17) is 0 Å². The molecule has 0 unspecified atom stereocenters. The van der Waals surface area contributed by atoms with E-state index in [0.717, 1.165) is 15.7 Å². The number of anilines is 1. The van der Waals surface area contributed by atoms with Crippen LogP contribution in [-0.4, -0.2) is 21.2 Å². The Kier molecular flexibility index (Phi) is 5.99. The van der Waals surface area contributed by atoms with E-state index in [1.807, 2.05) is 31.4 Å². The zero-order valence-corrected chi connectivity index (χ0v) is 16.8. The third-order valence-corrected chi connectivity index (χ3v) is 4.91. The highest BCUT2D eigenvalue weighted by Crippen LogP contribution is 2.36. The minimum atomic E-state index is -4.36. The molecule has 10 heteroatoms. The summed E-state index contributed by atoms with van der Waals surface area (Å²) in [5.74, 6) is -0.465. The van der Waals surface area contributed by atoms with Crippen molar-refractivity contribution in [2.24, 2.45) is 7.05 Å². The molecule has 28 heavy (non-hydrogen) atoms. The van der Waals surface area contributed by atoms with Crippen LogP contribution in [0.2, 0.25) is 0 Å². The highest BCUT2D eigenvalue weighted by Gasteiger charge is 2.29. The summed E-state index contributed by atoms with van der Waals surface area (Å²) in [7, 11) is 1.81. The number of halogens is 4. The van der Waals surface area contributed by atoms with Gasteiger partial charge in [-0.1, -0.05) is 12.1 Å². The standard InChI is InChI=1S/C18H14BrF3N4OS/c1-26-10-15(19)16(25-26)12-3-2-4-13(9-12)23-24-17(27)11-5-7-14(8-6-11)28-18(20,21)22/h2-10,23H,1H3,(H,24,27). The first-order valence-corrected chi connectivity index (χ1v) is 9.54. The van der Waals surface area contributed by atoms with Crippen molar-refractivity contribution in [1.29, 1.82) is 0 Å². The fourth-order valence-corrected chi connectivity index (χ4v) is 3.55. The zero-order chi connectivity index (χ0) is 20.3. The number of amides is 1. The lowest BCUT2D eigenvalue weighted by Gasteiger charge is -2.10. The van der Waals surface area contributed by atoms with Gasteiger partial charge in [0, 0.05) is 29.3 Å². The van der Waals surface area contributed by atoms with Gasteiger partial charge in [-0.2, -0.15) is 18.3 Å². The van der Waals surface area contributed by atoms with Gasteiger partial charge < -0.3 is 0 Å². The first-order valence-electron chi connectivity index (χ1n) is 7.93. The fourth-order valence-electron chi connectivity index (χ4n) is 2.41. The molecule has 3 rings (SSSR count). The molecule has 2 N–H and O–H groups in total. The minimum absolute atomic E-state index is 0.0191. The summed E-state index contributed by atoms with van der Waals surface area (Å²) in [4.78, 5) is 12.2. The van der Waals surface area contributed by atoms with Gasteiger partial charge in [0.05, 0.1) is 10.2 Å². The Balaban J connectivity index is 1.65. The molecular formula is C18H14BrF3N4OS. The lowest BCUT2D eigenvalue weighted by molar-refractivity contribution is -0.0328. The highest BCUT2D eigenvalue weighted by molar-refractivity contribution is 9.10. The molecule has 5 nitrogen and oxygen atoms in total. The highest BCUT2D eigenvalue weighted by atomic mass is 79.9. The minimum Gasteiger partial charge on any atom is -0.298 e. The Bertz CT molecular complexity index is 989. The molecule has 0 spiro atoms. The number of nitrogens with one attached hydrogen (secondary N) is 2. The van der Waals surface area contributed by atoms with Gasteiger partial charge in [-0.3, -0.25) is 20.3 Å². The molecule has 1 amide bonds. The van der Waals surface area contributed by atoms with Crippen LogP contribution < -0.4 is 10.9 Å². The summed E-state index contributed by atoms with van der Waals surface area (Å²) in [5, 5.41) is 4.37. The molecule has 0 aliphatic rings. The Morgan fingerprint density at radius 3 is 2.50 bits per heavy atom. The van der Waals surface area contributed by atoms with Crippen LogP contribution in [0.1, 0.15) is 10.4 Å². The molecule has 0 saturated carbocycles. The number of nitrogens with zero attached hydrogens (tertiary/aromatic N) is 2. The molecule has 0 fully saturated rings. The van der Waals surface area contributed by atoms with Crippen molar-refractivity contribution in [3.63, 3.8) is 0 Å². The summed E-state index contributed by atoms with van der Waals surface area (Å²) < 4.78 is 39.6. The van der Waals surface area contributed by atoms with Gasteiger partial charge in [-0.15, -0.1) is 0 Å². The molecule has 146 valence electrons. The molecule has 0 bridgehead atoms. The average molecular weight is 471 g/mol. The van der Waals surface area contributed by atoms with E-state index in [1.165, 1.54) is 24.3 Å². The van der Waals surface area contributed by atoms with Crippen LogP contribution in [0.5, 0.6) is 0 Å². The van der Waals surface area contributed by atoms with Gasteiger partial charge >= 0.3 is 5.51 Å². The molecule has 2 aromatic carbocycles. The SMILES string of the molecule is Cn1cc(Br)c(-c2cccc(NNC(=O)c3ccc(SC(F)(F)F)cc3)c2)n1. The second kappa shape index (κ2) is 8.27. The normalized spacial score (nSPS) is 11.3. The second-order valence-electron chi connectivity index (χ2n) is 5.73. The average Bonchev–Trinajstić information content (AvgIpc) is 2.97. The zero-order valence-electron chi connectivity index (χ0n) is 14.4. The van der Waals surface area contributed by atoms with Crippen LogP contribution in [-0.2, 0) is 7.05 Å². The maximum Gasteiger partial charge on any atom is 0.446 e. The Labute approximate surface area is 171 Å². The molecule has 0 saturated heterocycles. The van der Waals surface area contributed by atoms with E-state index >= 15 is 0 Å². The van der Waals surface area contributed by atoms with Crippen LogP contribution in [0.4, 0.5) is 18.9 Å². The van der Waals surface area contributed by atoms with Crippen LogP contribution in [0, 0.1) is 0 Å². The number of hydrogen-bond acceptors (Lipinski definition) is 4. The molecule has 0 aliphatic heterocycles.